The van der Waals surface area contributed by atoms with Gasteiger partial charge >= 0.3 is 0 Å². The summed E-state index contributed by atoms with van der Waals surface area (Å²) in [5, 5.41) is 3.03. The molecule has 1 N–H and O–H groups in total. The number of carbonyl (C=O) groups excluding carboxylic acids is 1. The quantitative estimate of drug-likeness (QED) is 0.764. The average molecular weight is 449 g/mol. The van der Waals surface area contributed by atoms with E-state index in [1.807, 2.05) is 6.92 Å². The summed E-state index contributed by atoms with van der Waals surface area (Å²) in [7, 11) is -3.06. The fourth-order valence-electron chi connectivity index (χ4n) is 6.06. The molecule has 3 heterocycles. The Morgan fingerprint density at radius 3 is 2.48 bits per heavy atom. The van der Waals surface area contributed by atoms with Crippen LogP contribution in [0.3, 0.4) is 0 Å². The van der Waals surface area contributed by atoms with Gasteiger partial charge in [0, 0.05) is 18.0 Å². The van der Waals surface area contributed by atoms with E-state index in [9.17, 15) is 13.2 Å². The summed E-state index contributed by atoms with van der Waals surface area (Å²) in [6, 6.07) is 4.37. The van der Waals surface area contributed by atoms with E-state index >= 15 is 0 Å². The summed E-state index contributed by atoms with van der Waals surface area (Å²) in [6.07, 6.45) is 5.09. The van der Waals surface area contributed by atoms with E-state index in [0.29, 0.717) is 19.6 Å². The van der Waals surface area contributed by atoms with Gasteiger partial charge in [-0.1, -0.05) is 12.8 Å². The van der Waals surface area contributed by atoms with Crippen molar-refractivity contribution in [3.63, 3.8) is 0 Å². The Hall–Kier alpha value is -1.80. The van der Waals surface area contributed by atoms with Crippen molar-refractivity contribution in [3.8, 4) is 11.5 Å². The molecular formula is C23H32N2O5S. The van der Waals surface area contributed by atoms with Crippen molar-refractivity contribution in [1.29, 1.82) is 0 Å². The van der Waals surface area contributed by atoms with Crippen molar-refractivity contribution >= 4 is 15.7 Å². The minimum absolute atomic E-state index is 0.0253. The fourth-order valence-corrected chi connectivity index (χ4v) is 8.15. The third-order valence-electron chi connectivity index (χ3n) is 7.64. The van der Waals surface area contributed by atoms with Crippen molar-refractivity contribution in [2.24, 2.45) is 0 Å². The van der Waals surface area contributed by atoms with Crippen LogP contribution in [0, 0.1) is 0 Å². The number of nitrogens with one attached hydrogen (secondary N) is 1. The molecule has 0 aromatic heterocycles. The second-order valence-corrected chi connectivity index (χ2v) is 12.3. The Labute approximate surface area is 184 Å². The molecular weight excluding hydrogens is 416 g/mol. The van der Waals surface area contributed by atoms with Crippen molar-refractivity contribution in [2.75, 3.05) is 37.8 Å². The molecule has 0 radical (unpaired) electrons. The molecule has 2 atom stereocenters. The molecule has 1 aromatic rings. The van der Waals surface area contributed by atoms with Gasteiger partial charge in [-0.3, -0.25) is 9.69 Å². The van der Waals surface area contributed by atoms with Crippen LogP contribution in [0.15, 0.2) is 12.1 Å². The summed E-state index contributed by atoms with van der Waals surface area (Å²) in [5.74, 6) is 1.70. The molecule has 1 aliphatic carbocycles. The van der Waals surface area contributed by atoms with E-state index in [4.69, 9.17) is 9.47 Å². The maximum atomic E-state index is 13.0. The lowest BCUT2D eigenvalue weighted by Gasteiger charge is -2.46. The lowest BCUT2D eigenvalue weighted by molar-refractivity contribution is -0.124. The van der Waals surface area contributed by atoms with Gasteiger partial charge in [-0.25, -0.2) is 8.42 Å². The van der Waals surface area contributed by atoms with Crippen molar-refractivity contribution in [2.45, 2.75) is 62.9 Å². The smallest absolute Gasteiger partial charge is 0.234 e. The Kier molecular flexibility index (Phi) is 5.01. The number of carbonyl (C=O) groups is 1. The SMILES string of the molecule is CC1c2cc3c(cc2C2(CCCC2)CN1CC(=O)NC1(C)CCS(=O)(=O)C1)OCCO3. The number of rotatable bonds is 3. The normalized spacial score (nSPS) is 30.8. The molecule has 1 saturated heterocycles. The summed E-state index contributed by atoms with van der Waals surface area (Å²) < 4.78 is 35.5. The van der Waals surface area contributed by atoms with Crippen molar-refractivity contribution in [1.82, 2.24) is 10.2 Å². The summed E-state index contributed by atoms with van der Waals surface area (Å²) in [4.78, 5) is 15.2. The van der Waals surface area contributed by atoms with Gasteiger partial charge in [0.2, 0.25) is 5.91 Å². The zero-order chi connectivity index (χ0) is 21.9. The molecule has 2 unspecified atom stereocenters. The Morgan fingerprint density at radius 2 is 1.84 bits per heavy atom. The predicted molar refractivity (Wildman–Crippen MR) is 117 cm³/mol. The van der Waals surface area contributed by atoms with E-state index in [2.05, 4.69) is 29.3 Å². The van der Waals surface area contributed by atoms with Crippen LogP contribution in [-0.4, -0.2) is 62.6 Å². The summed E-state index contributed by atoms with van der Waals surface area (Å²) in [6.45, 7) is 6.22. The highest BCUT2D eigenvalue weighted by Gasteiger charge is 2.46. The van der Waals surface area contributed by atoms with Crippen LogP contribution in [0.5, 0.6) is 11.5 Å². The van der Waals surface area contributed by atoms with Crippen LogP contribution in [0.1, 0.15) is 63.1 Å². The molecule has 8 heteroatoms. The van der Waals surface area contributed by atoms with Gasteiger partial charge in [0.1, 0.15) is 13.2 Å². The van der Waals surface area contributed by atoms with Gasteiger partial charge in [-0.15, -0.1) is 0 Å². The topological polar surface area (TPSA) is 84.9 Å². The number of amides is 1. The molecule has 1 saturated carbocycles. The van der Waals surface area contributed by atoms with Gasteiger partial charge < -0.3 is 14.8 Å². The zero-order valence-corrected chi connectivity index (χ0v) is 19.2. The molecule has 2 fully saturated rings. The third-order valence-corrected chi connectivity index (χ3v) is 9.54. The standard InChI is InChI=1S/C23H32N2O5S/c1-16-17-11-19-20(30-9-8-29-19)12-18(17)23(5-3-4-6-23)14-25(16)13-21(26)24-22(2)7-10-31(27,28)15-22/h11-12,16H,3-10,13-15H2,1-2H3,(H,24,26). The first kappa shape index (κ1) is 21.1. The van der Waals surface area contributed by atoms with Crippen LogP contribution in [0.2, 0.25) is 0 Å². The van der Waals surface area contributed by atoms with Gasteiger partial charge in [0.05, 0.1) is 23.6 Å². The monoisotopic (exact) mass is 448 g/mol. The molecule has 3 aliphatic heterocycles. The van der Waals surface area contributed by atoms with Crippen LogP contribution in [0.25, 0.3) is 0 Å². The summed E-state index contributed by atoms with van der Waals surface area (Å²) in [5.41, 5.74) is 1.95. The van der Waals surface area contributed by atoms with E-state index in [1.54, 1.807) is 0 Å². The van der Waals surface area contributed by atoms with Gasteiger partial charge in [-0.2, -0.15) is 0 Å². The average Bonchev–Trinajstić information content (AvgIpc) is 3.29. The lowest BCUT2D eigenvalue weighted by atomic mass is 9.71. The largest absolute Gasteiger partial charge is 0.486 e. The maximum absolute atomic E-state index is 13.0. The Morgan fingerprint density at radius 1 is 1.16 bits per heavy atom. The molecule has 0 bridgehead atoms. The number of sulfone groups is 1. The summed E-state index contributed by atoms with van der Waals surface area (Å²) >= 11 is 0. The number of hydrogen-bond acceptors (Lipinski definition) is 6. The number of nitrogens with zero attached hydrogens (tertiary/aromatic N) is 1. The van der Waals surface area contributed by atoms with E-state index < -0.39 is 15.4 Å². The molecule has 5 rings (SSSR count). The first-order valence-corrected chi connectivity index (χ1v) is 13.2. The molecule has 1 spiro atoms. The first-order valence-electron chi connectivity index (χ1n) is 11.4. The molecule has 4 aliphatic rings. The highest BCUT2D eigenvalue weighted by atomic mass is 32.2. The number of hydrogen-bond donors (Lipinski definition) is 1. The van der Waals surface area contributed by atoms with Crippen LogP contribution < -0.4 is 14.8 Å². The minimum atomic E-state index is -3.06. The number of fused-ring (bicyclic) bond motifs is 3. The number of benzene rings is 1. The molecule has 170 valence electrons. The van der Waals surface area contributed by atoms with Crippen molar-refractivity contribution < 1.29 is 22.7 Å². The maximum Gasteiger partial charge on any atom is 0.234 e. The predicted octanol–water partition coefficient (Wildman–Crippen LogP) is 2.34. The molecule has 7 nitrogen and oxygen atoms in total. The Balaban J connectivity index is 1.40. The third kappa shape index (κ3) is 3.82. The van der Waals surface area contributed by atoms with Gasteiger partial charge in [0.15, 0.2) is 21.3 Å². The fraction of sp³-hybridized carbons (Fsp3) is 0.696. The lowest BCUT2D eigenvalue weighted by Crippen LogP contribution is -2.53. The van der Waals surface area contributed by atoms with Crippen molar-refractivity contribution in [3.05, 3.63) is 23.3 Å². The highest BCUT2D eigenvalue weighted by molar-refractivity contribution is 7.91. The Bertz CT molecular complexity index is 1000. The second kappa shape index (κ2) is 7.37. The van der Waals surface area contributed by atoms with Gasteiger partial charge in [-0.05, 0) is 56.4 Å². The molecule has 31 heavy (non-hydrogen) atoms. The van der Waals surface area contributed by atoms with Gasteiger partial charge in [0.25, 0.3) is 0 Å². The zero-order valence-electron chi connectivity index (χ0n) is 18.4. The highest BCUT2D eigenvalue weighted by Crippen LogP contribution is 2.51. The van der Waals surface area contributed by atoms with E-state index in [0.717, 1.165) is 30.9 Å². The second-order valence-electron chi connectivity index (χ2n) is 10.1. The first-order chi connectivity index (χ1) is 14.7. The number of ether oxygens (including phenoxy) is 2. The van der Waals surface area contributed by atoms with Crippen LogP contribution in [-0.2, 0) is 20.0 Å². The molecule has 1 amide bonds. The van der Waals surface area contributed by atoms with E-state index in [1.165, 1.54) is 24.0 Å². The van der Waals surface area contributed by atoms with Crippen LogP contribution in [0.4, 0.5) is 0 Å². The minimum Gasteiger partial charge on any atom is -0.486 e. The molecule has 1 aromatic carbocycles. The van der Waals surface area contributed by atoms with E-state index in [-0.39, 0.29) is 35.4 Å². The van der Waals surface area contributed by atoms with Crippen LogP contribution >= 0.6 is 0 Å².